The van der Waals surface area contributed by atoms with Gasteiger partial charge in [0.25, 0.3) is 5.91 Å². The van der Waals surface area contributed by atoms with E-state index in [1.807, 2.05) is 0 Å². The van der Waals surface area contributed by atoms with E-state index in [0.717, 1.165) is 6.21 Å². The number of amides is 1. The summed E-state index contributed by atoms with van der Waals surface area (Å²) in [5, 5.41) is 30.7. The summed E-state index contributed by atoms with van der Waals surface area (Å²) in [6.07, 6.45) is 1.15. The van der Waals surface area contributed by atoms with Crippen LogP contribution < -0.4 is 11.2 Å². The topological polar surface area (TPSA) is 128 Å². The van der Waals surface area contributed by atoms with Crippen LogP contribution in [0.3, 0.4) is 0 Å². The highest BCUT2D eigenvalue weighted by Gasteiger charge is 2.10. The molecule has 1 amide bonds. The third kappa shape index (κ3) is 3.44. The Morgan fingerprint density at radius 2 is 2.24 bits per heavy atom. The van der Waals surface area contributed by atoms with E-state index in [2.05, 4.69) is 10.5 Å². The number of carbonyl (C=O) groups is 1. The monoisotopic (exact) mass is 239 g/mol. The number of para-hydroxylation sites is 1. The van der Waals surface area contributed by atoms with Crippen LogP contribution in [0.2, 0.25) is 0 Å². The first-order valence-corrected chi connectivity index (χ1v) is 4.76. The maximum Gasteiger partial charge on any atom is 0.259 e. The van der Waals surface area contributed by atoms with E-state index in [9.17, 15) is 15.0 Å². The number of nitrogens with two attached hydrogens (primary N) is 1. The van der Waals surface area contributed by atoms with Crippen LogP contribution in [-0.2, 0) is 4.79 Å². The van der Waals surface area contributed by atoms with Gasteiger partial charge < -0.3 is 21.1 Å². The smallest absolute Gasteiger partial charge is 0.259 e. The minimum absolute atomic E-state index is 0.239. The molecule has 0 aromatic heterocycles. The van der Waals surface area contributed by atoms with Gasteiger partial charge in [0.05, 0.1) is 12.8 Å². The SMILES string of the molecule is N[C@@H](CO)C(=O)N/N=C/c1cccc(O)c1O. The first-order valence-electron chi connectivity index (χ1n) is 4.76. The normalized spacial score (nSPS) is 12.6. The second-order valence-electron chi connectivity index (χ2n) is 3.24. The number of rotatable bonds is 4. The predicted octanol–water partition coefficient (Wildman–Crippen LogP) is -1.13. The van der Waals surface area contributed by atoms with Crippen molar-refractivity contribution >= 4 is 12.1 Å². The summed E-state index contributed by atoms with van der Waals surface area (Å²) >= 11 is 0. The second-order valence-corrected chi connectivity index (χ2v) is 3.24. The number of hydrogen-bond donors (Lipinski definition) is 5. The molecule has 0 aliphatic heterocycles. The largest absolute Gasteiger partial charge is 0.504 e. The van der Waals surface area contributed by atoms with Gasteiger partial charge in [0, 0.05) is 5.56 Å². The van der Waals surface area contributed by atoms with Gasteiger partial charge in [-0.05, 0) is 12.1 Å². The van der Waals surface area contributed by atoms with E-state index in [4.69, 9.17) is 10.8 Å². The van der Waals surface area contributed by atoms with Crippen molar-refractivity contribution in [2.75, 3.05) is 6.61 Å². The number of benzene rings is 1. The third-order valence-electron chi connectivity index (χ3n) is 1.96. The highest BCUT2D eigenvalue weighted by atomic mass is 16.3. The molecule has 0 radical (unpaired) electrons. The molecule has 6 N–H and O–H groups in total. The number of carbonyl (C=O) groups excluding carboxylic acids is 1. The number of nitrogens with zero attached hydrogens (tertiary/aromatic N) is 1. The Morgan fingerprint density at radius 3 is 2.88 bits per heavy atom. The van der Waals surface area contributed by atoms with E-state index in [1.165, 1.54) is 18.2 Å². The molecule has 1 aromatic rings. The lowest BCUT2D eigenvalue weighted by atomic mass is 10.2. The summed E-state index contributed by atoms with van der Waals surface area (Å²) in [6, 6.07) is 3.27. The van der Waals surface area contributed by atoms with Gasteiger partial charge in [0.2, 0.25) is 0 Å². The molecule has 0 bridgehead atoms. The van der Waals surface area contributed by atoms with Crippen molar-refractivity contribution in [2.45, 2.75) is 6.04 Å². The Kier molecular flexibility index (Phi) is 4.44. The maximum atomic E-state index is 11.1. The molecule has 0 heterocycles. The Hall–Kier alpha value is -2.12. The van der Waals surface area contributed by atoms with Crippen molar-refractivity contribution in [3.05, 3.63) is 23.8 Å². The lowest BCUT2D eigenvalue weighted by Crippen LogP contribution is -2.40. The maximum absolute atomic E-state index is 11.1. The highest BCUT2D eigenvalue weighted by Crippen LogP contribution is 2.26. The summed E-state index contributed by atoms with van der Waals surface area (Å²) in [6.45, 7) is -0.487. The molecule has 17 heavy (non-hydrogen) atoms. The number of nitrogens with one attached hydrogen (secondary N) is 1. The minimum atomic E-state index is -1.05. The molecule has 1 atom stereocenters. The first kappa shape index (κ1) is 12.9. The van der Waals surface area contributed by atoms with Gasteiger partial charge in [-0.1, -0.05) is 6.07 Å². The Morgan fingerprint density at radius 1 is 1.53 bits per heavy atom. The number of phenolic OH excluding ortho intramolecular Hbond substituents is 2. The number of hydrogen-bond acceptors (Lipinski definition) is 6. The molecule has 0 aliphatic carbocycles. The van der Waals surface area contributed by atoms with Gasteiger partial charge in [-0.3, -0.25) is 4.79 Å². The number of aliphatic hydroxyl groups is 1. The van der Waals surface area contributed by atoms with Gasteiger partial charge >= 0.3 is 0 Å². The van der Waals surface area contributed by atoms with Crippen LogP contribution in [0.15, 0.2) is 23.3 Å². The van der Waals surface area contributed by atoms with Gasteiger partial charge in [-0.25, -0.2) is 5.43 Å². The zero-order valence-electron chi connectivity index (χ0n) is 8.87. The molecule has 1 aromatic carbocycles. The number of hydrazone groups is 1. The number of aliphatic hydroxyl groups excluding tert-OH is 1. The zero-order chi connectivity index (χ0) is 12.8. The fourth-order valence-corrected chi connectivity index (χ4v) is 0.984. The Bertz CT molecular complexity index is 434. The van der Waals surface area contributed by atoms with Gasteiger partial charge in [-0.15, -0.1) is 0 Å². The minimum Gasteiger partial charge on any atom is -0.504 e. The molecule has 1 rings (SSSR count). The quantitative estimate of drug-likeness (QED) is 0.258. The Labute approximate surface area is 97.2 Å². The lowest BCUT2D eigenvalue weighted by molar-refractivity contribution is -0.123. The summed E-state index contributed by atoms with van der Waals surface area (Å²) in [4.78, 5) is 11.1. The lowest BCUT2D eigenvalue weighted by Gasteiger charge is -2.05. The van der Waals surface area contributed by atoms with Crippen LogP contribution in [0.4, 0.5) is 0 Å². The molecule has 0 saturated heterocycles. The molecule has 0 unspecified atom stereocenters. The van der Waals surface area contributed by atoms with Gasteiger partial charge in [0.1, 0.15) is 6.04 Å². The number of aromatic hydroxyl groups is 2. The molecule has 0 spiro atoms. The van der Waals surface area contributed by atoms with Crippen LogP contribution in [0.25, 0.3) is 0 Å². The fraction of sp³-hybridized carbons (Fsp3) is 0.200. The molecular formula is C10H13N3O4. The van der Waals surface area contributed by atoms with Gasteiger partial charge in [-0.2, -0.15) is 5.10 Å². The summed E-state index contributed by atoms with van der Waals surface area (Å²) < 4.78 is 0. The van der Waals surface area contributed by atoms with E-state index in [0.29, 0.717) is 0 Å². The van der Waals surface area contributed by atoms with Crippen molar-refractivity contribution < 1.29 is 20.1 Å². The molecular weight excluding hydrogens is 226 g/mol. The van der Waals surface area contributed by atoms with Crippen LogP contribution >= 0.6 is 0 Å². The van der Waals surface area contributed by atoms with E-state index in [-0.39, 0.29) is 17.1 Å². The molecule has 0 aliphatic rings. The zero-order valence-corrected chi connectivity index (χ0v) is 8.87. The average molecular weight is 239 g/mol. The number of phenols is 2. The van der Waals surface area contributed by atoms with Crippen molar-refractivity contribution in [1.29, 1.82) is 0 Å². The summed E-state index contributed by atoms with van der Waals surface area (Å²) in [5.74, 6) is -1.27. The van der Waals surface area contributed by atoms with Crippen LogP contribution in [-0.4, -0.2) is 40.1 Å². The molecule has 7 nitrogen and oxygen atoms in total. The van der Waals surface area contributed by atoms with E-state index in [1.54, 1.807) is 0 Å². The fourth-order valence-electron chi connectivity index (χ4n) is 0.984. The van der Waals surface area contributed by atoms with E-state index < -0.39 is 18.6 Å². The van der Waals surface area contributed by atoms with Crippen LogP contribution in [0.5, 0.6) is 11.5 Å². The standard InChI is InChI=1S/C10H13N3O4/c11-7(5-14)10(17)13-12-4-6-2-1-3-8(15)9(6)16/h1-4,7,14-16H,5,11H2,(H,13,17)/b12-4+/t7-/m0/s1. The van der Waals surface area contributed by atoms with E-state index >= 15 is 0 Å². The van der Waals surface area contributed by atoms with Crippen molar-refractivity contribution in [2.24, 2.45) is 10.8 Å². The molecule has 0 saturated carbocycles. The summed E-state index contributed by atoms with van der Waals surface area (Å²) in [7, 11) is 0. The molecule has 7 heteroatoms. The first-order chi connectivity index (χ1) is 8.06. The Balaban J connectivity index is 2.66. The highest BCUT2D eigenvalue weighted by molar-refractivity contribution is 5.87. The molecule has 0 fully saturated rings. The third-order valence-corrected chi connectivity index (χ3v) is 1.96. The van der Waals surface area contributed by atoms with Gasteiger partial charge in [0.15, 0.2) is 11.5 Å². The van der Waals surface area contributed by atoms with Crippen molar-refractivity contribution in [1.82, 2.24) is 5.43 Å². The van der Waals surface area contributed by atoms with Crippen molar-refractivity contribution in [3.63, 3.8) is 0 Å². The molecule has 92 valence electrons. The van der Waals surface area contributed by atoms with Crippen molar-refractivity contribution in [3.8, 4) is 11.5 Å². The second kappa shape index (κ2) is 5.83. The van der Waals surface area contributed by atoms with Crippen LogP contribution in [0, 0.1) is 0 Å². The average Bonchev–Trinajstić information content (AvgIpc) is 2.33. The predicted molar refractivity (Wildman–Crippen MR) is 60.6 cm³/mol. The van der Waals surface area contributed by atoms with Crippen LogP contribution in [0.1, 0.15) is 5.56 Å². The summed E-state index contributed by atoms with van der Waals surface area (Å²) in [5.41, 5.74) is 7.54.